The van der Waals surface area contributed by atoms with Crippen LogP contribution in [0.2, 0.25) is 0 Å². The van der Waals surface area contributed by atoms with E-state index in [4.69, 9.17) is 0 Å². The van der Waals surface area contributed by atoms with E-state index in [9.17, 15) is 4.39 Å². The largest absolute Gasteiger partial charge is 0.314 e. The van der Waals surface area contributed by atoms with Crippen molar-refractivity contribution in [2.75, 3.05) is 6.54 Å². The highest BCUT2D eigenvalue weighted by Crippen LogP contribution is 2.36. The second-order valence-electron chi connectivity index (χ2n) is 5.94. The first kappa shape index (κ1) is 12.6. The van der Waals surface area contributed by atoms with Gasteiger partial charge in [0.1, 0.15) is 5.82 Å². The Labute approximate surface area is 103 Å². The number of nitrogens with one attached hydrogen (secondary N) is 1. The first-order valence-electron chi connectivity index (χ1n) is 6.53. The van der Waals surface area contributed by atoms with Crippen molar-refractivity contribution < 1.29 is 4.39 Å². The van der Waals surface area contributed by atoms with Gasteiger partial charge >= 0.3 is 0 Å². The minimum atomic E-state index is -0.135. The van der Waals surface area contributed by atoms with Crippen molar-refractivity contribution in [3.63, 3.8) is 0 Å². The molecular formula is C15H22FN. The van der Waals surface area contributed by atoms with E-state index >= 15 is 0 Å². The van der Waals surface area contributed by atoms with Gasteiger partial charge in [0.05, 0.1) is 0 Å². The second-order valence-corrected chi connectivity index (χ2v) is 5.94. The molecule has 1 fully saturated rings. The Hall–Kier alpha value is -0.890. The third-order valence-corrected chi connectivity index (χ3v) is 3.70. The SMILES string of the molecule is CC1(C)CCC(NCCc2cccc(F)c2)C1. The van der Waals surface area contributed by atoms with Gasteiger partial charge in [0.2, 0.25) is 0 Å². The molecule has 0 heterocycles. The van der Waals surface area contributed by atoms with E-state index in [0.29, 0.717) is 11.5 Å². The summed E-state index contributed by atoms with van der Waals surface area (Å²) in [5.74, 6) is -0.135. The van der Waals surface area contributed by atoms with E-state index in [0.717, 1.165) is 18.5 Å². The molecule has 2 heteroatoms. The predicted octanol–water partition coefficient (Wildman–Crippen LogP) is 3.54. The quantitative estimate of drug-likeness (QED) is 0.841. The molecule has 0 aliphatic heterocycles. The molecule has 1 saturated carbocycles. The van der Waals surface area contributed by atoms with Crippen LogP contribution >= 0.6 is 0 Å². The van der Waals surface area contributed by atoms with Gasteiger partial charge in [0.25, 0.3) is 0 Å². The number of halogens is 1. The Morgan fingerprint density at radius 3 is 2.88 bits per heavy atom. The lowest BCUT2D eigenvalue weighted by Crippen LogP contribution is -2.29. The molecular weight excluding hydrogens is 213 g/mol. The van der Waals surface area contributed by atoms with E-state index in [1.807, 2.05) is 6.07 Å². The van der Waals surface area contributed by atoms with Gasteiger partial charge in [-0.1, -0.05) is 26.0 Å². The van der Waals surface area contributed by atoms with Crippen LogP contribution < -0.4 is 5.32 Å². The summed E-state index contributed by atoms with van der Waals surface area (Å²) in [6.45, 7) is 5.62. The van der Waals surface area contributed by atoms with E-state index < -0.39 is 0 Å². The molecule has 2 rings (SSSR count). The summed E-state index contributed by atoms with van der Waals surface area (Å²) in [5.41, 5.74) is 1.58. The fourth-order valence-corrected chi connectivity index (χ4v) is 2.72. The number of hydrogen-bond donors (Lipinski definition) is 1. The summed E-state index contributed by atoms with van der Waals surface area (Å²) < 4.78 is 13.0. The topological polar surface area (TPSA) is 12.0 Å². The highest BCUT2D eigenvalue weighted by atomic mass is 19.1. The molecule has 17 heavy (non-hydrogen) atoms. The van der Waals surface area contributed by atoms with Crippen molar-refractivity contribution in [1.82, 2.24) is 5.32 Å². The van der Waals surface area contributed by atoms with Crippen molar-refractivity contribution in [3.8, 4) is 0 Å². The highest BCUT2D eigenvalue weighted by molar-refractivity contribution is 5.16. The van der Waals surface area contributed by atoms with Crippen LogP contribution in [0.5, 0.6) is 0 Å². The van der Waals surface area contributed by atoms with Gasteiger partial charge in [-0.2, -0.15) is 0 Å². The fraction of sp³-hybridized carbons (Fsp3) is 0.600. The minimum absolute atomic E-state index is 0.135. The van der Waals surface area contributed by atoms with Crippen LogP contribution in [-0.2, 0) is 6.42 Å². The molecule has 1 aromatic carbocycles. The maximum Gasteiger partial charge on any atom is 0.123 e. The maximum absolute atomic E-state index is 13.0. The van der Waals surface area contributed by atoms with Crippen LogP contribution in [0.3, 0.4) is 0 Å². The van der Waals surface area contributed by atoms with Crippen LogP contribution in [-0.4, -0.2) is 12.6 Å². The first-order valence-corrected chi connectivity index (χ1v) is 6.53. The van der Waals surface area contributed by atoms with Crippen LogP contribution in [0.4, 0.5) is 4.39 Å². The Morgan fingerprint density at radius 2 is 2.24 bits per heavy atom. The minimum Gasteiger partial charge on any atom is -0.314 e. The molecule has 1 aromatic rings. The van der Waals surface area contributed by atoms with Gasteiger partial charge < -0.3 is 5.32 Å². The summed E-state index contributed by atoms with van der Waals surface area (Å²) in [6.07, 6.45) is 4.76. The number of benzene rings is 1. The lowest BCUT2D eigenvalue weighted by Gasteiger charge is -2.17. The molecule has 1 aliphatic rings. The summed E-state index contributed by atoms with van der Waals surface area (Å²) >= 11 is 0. The Kier molecular flexibility index (Phi) is 3.82. The van der Waals surface area contributed by atoms with E-state index in [1.54, 1.807) is 12.1 Å². The maximum atomic E-state index is 13.0. The third-order valence-electron chi connectivity index (χ3n) is 3.70. The van der Waals surface area contributed by atoms with Gasteiger partial charge in [-0.05, 0) is 55.3 Å². The Balaban J connectivity index is 1.73. The molecule has 0 bridgehead atoms. The second kappa shape index (κ2) is 5.18. The first-order chi connectivity index (χ1) is 8.05. The van der Waals surface area contributed by atoms with Crippen molar-refractivity contribution in [3.05, 3.63) is 35.6 Å². The van der Waals surface area contributed by atoms with Gasteiger partial charge in [-0.15, -0.1) is 0 Å². The van der Waals surface area contributed by atoms with Crippen molar-refractivity contribution in [2.45, 2.75) is 45.6 Å². The molecule has 1 atom stereocenters. The average Bonchev–Trinajstić information content (AvgIpc) is 2.58. The molecule has 1 nitrogen and oxygen atoms in total. The average molecular weight is 235 g/mol. The Morgan fingerprint density at radius 1 is 1.41 bits per heavy atom. The van der Waals surface area contributed by atoms with Gasteiger partial charge in [0, 0.05) is 6.04 Å². The van der Waals surface area contributed by atoms with Gasteiger partial charge in [0.15, 0.2) is 0 Å². The standard InChI is InChI=1S/C15H22FN/c1-15(2)8-6-14(11-15)17-9-7-12-4-3-5-13(16)10-12/h3-5,10,14,17H,6-9,11H2,1-2H3. The van der Waals surface area contributed by atoms with Crippen molar-refractivity contribution in [1.29, 1.82) is 0 Å². The predicted molar refractivity (Wildman–Crippen MR) is 69.5 cm³/mol. The molecule has 0 radical (unpaired) electrons. The molecule has 1 aliphatic carbocycles. The zero-order valence-corrected chi connectivity index (χ0v) is 10.8. The summed E-state index contributed by atoms with van der Waals surface area (Å²) in [5, 5.41) is 3.58. The third kappa shape index (κ3) is 3.81. The summed E-state index contributed by atoms with van der Waals surface area (Å²) in [6, 6.07) is 7.54. The summed E-state index contributed by atoms with van der Waals surface area (Å²) in [7, 11) is 0. The normalized spacial score (nSPS) is 22.9. The molecule has 1 N–H and O–H groups in total. The lowest BCUT2D eigenvalue weighted by molar-refractivity contribution is 0.365. The molecule has 0 aromatic heterocycles. The van der Waals surface area contributed by atoms with Crippen LogP contribution in [0.15, 0.2) is 24.3 Å². The summed E-state index contributed by atoms with van der Waals surface area (Å²) in [4.78, 5) is 0. The molecule has 0 saturated heterocycles. The van der Waals surface area contributed by atoms with Gasteiger partial charge in [-0.3, -0.25) is 0 Å². The fourth-order valence-electron chi connectivity index (χ4n) is 2.72. The van der Waals surface area contributed by atoms with Crippen LogP contribution in [0, 0.1) is 11.2 Å². The van der Waals surface area contributed by atoms with E-state index in [1.165, 1.54) is 25.3 Å². The molecule has 0 spiro atoms. The van der Waals surface area contributed by atoms with E-state index in [2.05, 4.69) is 19.2 Å². The number of rotatable bonds is 4. The zero-order valence-electron chi connectivity index (χ0n) is 10.8. The van der Waals surface area contributed by atoms with Crippen LogP contribution in [0.25, 0.3) is 0 Å². The van der Waals surface area contributed by atoms with Crippen LogP contribution in [0.1, 0.15) is 38.7 Å². The molecule has 0 amide bonds. The Bertz CT molecular complexity index is 373. The highest BCUT2D eigenvalue weighted by Gasteiger charge is 2.30. The smallest absolute Gasteiger partial charge is 0.123 e. The molecule has 1 unspecified atom stereocenters. The van der Waals surface area contributed by atoms with Crippen molar-refractivity contribution in [2.24, 2.45) is 5.41 Å². The molecule has 94 valence electrons. The lowest BCUT2D eigenvalue weighted by atomic mass is 9.92. The van der Waals surface area contributed by atoms with Crippen molar-refractivity contribution >= 4 is 0 Å². The van der Waals surface area contributed by atoms with E-state index in [-0.39, 0.29) is 5.82 Å². The zero-order chi connectivity index (χ0) is 12.3. The monoisotopic (exact) mass is 235 g/mol. The number of hydrogen-bond acceptors (Lipinski definition) is 1. The van der Waals surface area contributed by atoms with Gasteiger partial charge in [-0.25, -0.2) is 4.39 Å².